The Hall–Kier alpha value is -8.67. The van der Waals surface area contributed by atoms with Crippen LogP contribution in [-0.4, -0.2) is 22.2 Å². The van der Waals surface area contributed by atoms with Gasteiger partial charge >= 0.3 is 0 Å². The van der Waals surface area contributed by atoms with Gasteiger partial charge < -0.3 is 13.9 Å². The summed E-state index contributed by atoms with van der Waals surface area (Å²) in [5, 5.41) is 6.82. The van der Waals surface area contributed by atoms with E-state index in [-0.39, 0.29) is 49.0 Å². The molecule has 7 heteroatoms. The summed E-state index contributed by atoms with van der Waals surface area (Å²) in [7, 11) is -2.88. The first-order chi connectivity index (χ1) is 41.0. The van der Waals surface area contributed by atoms with E-state index in [0.29, 0.717) is 28.2 Å². The summed E-state index contributed by atoms with van der Waals surface area (Å²) >= 11 is 0. The van der Waals surface area contributed by atoms with Gasteiger partial charge in [0.05, 0.1) is 23.6 Å². The van der Waals surface area contributed by atoms with Crippen molar-refractivity contribution in [2.24, 2.45) is 0 Å². The first-order valence-electron chi connectivity index (χ1n) is 29.6. The molecule has 380 valence electrons. The van der Waals surface area contributed by atoms with Gasteiger partial charge in [-0.1, -0.05) is 232 Å². The van der Waals surface area contributed by atoms with Gasteiger partial charge in [0.15, 0.2) is 8.07 Å². The van der Waals surface area contributed by atoms with Crippen LogP contribution in [0.15, 0.2) is 255 Å². The third-order valence-electron chi connectivity index (χ3n) is 14.5. The van der Waals surface area contributed by atoms with Crippen LogP contribution in [0.3, 0.4) is 0 Å². The quantitative estimate of drug-likeness (QED) is 0.0560. The fraction of sp³-hybridized carbons (Fsp3) is 0.0704. The Bertz CT molecular complexity index is 4610. The third-order valence-corrected chi connectivity index (χ3v) is 19.3. The molecule has 0 saturated carbocycles. The molecule has 13 aromatic rings. The van der Waals surface area contributed by atoms with Crippen molar-refractivity contribution < 1.29 is 41.3 Å². The van der Waals surface area contributed by atoms with E-state index in [1.807, 2.05) is 65.2 Å². The maximum Gasteiger partial charge on any atom is 0.268 e. The molecular weight excluding hydrogens is 1150 g/mol. The average molecular weight is 1210 g/mol. The summed E-state index contributed by atoms with van der Waals surface area (Å²) in [6.45, 7) is 3.99. The molecule has 0 radical (unpaired) electrons. The van der Waals surface area contributed by atoms with Crippen LogP contribution in [0.25, 0.3) is 72.3 Å². The first-order valence-corrected chi connectivity index (χ1v) is 27.6. The number of ether oxygens (including phenoxy) is 1. The molecule has 0 spiro atoms. The zero-order valence-electron chi connectivity index (χ0n) is 50.9. The topological polar surface area (TPSA) is 35.9 Å². The molecule has 0 aliphatic rings. The number of aromatic nitrogens is 4. The van der Waals surface area contributed by atoms with E-state index in [2.05, 4.69) is 195 Å². The molecule has 0 aliphatic carbocycles. The van der Waals surface area contributed by atoms with Gasteiger partial charge in [0.1, 0.15) is 5.82 Å². The number of hydrogen-bond acceptors (Lipinski definition) is 2. The molecule has 0 unspecified atom stereocenters. The molecule has 0 aliphatic heterocycles. The Morgan fingerprint density at radius 2 is 1.19 bits per heavy atom. The van der Waals surface area contributed by atoms with Crippen LogP contribution in [-0.2, 0) is 26.5 Å². The van der Waals surface area contributed by atoms with Crippen molar-refractivity contribution in [3.05, 3.63) is 284 Å². The minimum Gasteiger partial charge on any atom is -0.510 e. The van der Waals surface area contributed by atoms with Gasteiger partial charge in [-0.3, -0.25) is 4.57 Å². The number of fused-ring (bicyclic) bond motifs is 4. The molecule has 0 saturated heterocycles. The number of benzene rings is 10. The van der Waals surface area contributed by atoms with Gasteiger partial charge in [-0.25, -0.2) is 4.98 Å². The number of hydrogen-bond donors (Lipinski definition) is 0. The van der Waals surface area contributed by atoms with Crippen molar-refractivity contribution in [3.63, 3.8) is 0 Å². The second kappa shape index (κ2) is 20.7. The summed E-state index contributed by atoms with van der Waals surface area (Å²) in [5.41, 5.74) is 7.29. The van der Waals surface area contributed by atoms with Crippen molar-refractivity contribution in [1.29, 1.82) is 0 Å². The third kappa shape index (κ3) is 8.81. The Morgan fingerprint density at radius 3 is 1.90 bits per heavy atom. The van der Waals surface area contributed by atoms with Crippen LogP contribution in [0.1, 0.15) is 42.9 Å². The summed E-state index contributed by atoms with van der Waals surface area (Å²) in [6, 6.07) is 79.8. The van der Waals surface area contributed by atoms with E-state index < -0.39 is 45.1 Å². The van der Waals surface area contributed by atoms with E-state index in [1.54, 1.807) is 4.57 Å². The Kier molecular flexibility index (Phi) is 11.0. The van der Waals surface area contributed by atoms with Crippen LogP contribution in [0, 0.1) is 25.3 Å². The molecule has 0 atom stereocenters. The molecule has 13 rings (SSSR count). The fourth-order valence-corrected chi connectivity index (χ4v) is 15.9. The number of pyridine rings is 1. The van der Waals surface area contributed by atoms with E-state index >= 15 is 0 Å². The minimum absolute atomic E-state index is 0. The van der Waals surface area contributed by atoms with Gasteiger partial charge in [0.25, 0.3) is 6.33 Å². The standard InChI is InChI=1S/C71H54N4OSi.Pt/c1-50-44-69(72-48-63(50)51-24-9-5-10-25-51)75-65-39-18-17-36-61(65)62-43-42-55(47-68(62)75)76-54-28-22-27-53(46-54)73-49-74(67-41-20-19-40-66(67)73)70-60(37-23-38-64(70)71(2,3)4)52-26-21-35-59(45-52)77(56-29-11-6-12-30-56,57-31-13-7-14-32-57)58-33-15-8-16-34-58;/h5-45,48H,1-4H3;/q-2;/i1D3,5D,9D,10D,24D,25D;. The predicted octanol–water partition coefficient (Wildman–Crippen LogP) is 13.9. The molecule has 0 amide bonds. The maximum atomic E-state index is 8.67. The first kappa shape index (κ1) is 41.5. The Balaban J connectivity index is 0.00000724. The molecular formula is C71H54N4OPtSi-2. The summed E-state index contributed by atoms with van der Waals surface area (Å²) in [6.07, 6.45) is 5.09. The van der Waals surface area contributed by atoms with Crippen LogP contribution >= 0.6 is 0 Å². The Labute approximate surface area is 482 Å². The largest absolute Gasteiger partial charge is 0.510 e. The number of imidazole rings is 1. The van der Waals surface area contributed by atoms with Gasteiger partial charge in [-0.05, 0) is 84.0 Å². The van der Waals surface area contributed by atoms with E-state index in [0.717, 1.165) is 44.2 Å². The van der Waals surface area contributed by atoms with Crippen molar-refractivity contribution in [1.82, 2.24) is 14.1 Å². The smallest absolute Gasteiger partial charge is 0.268 e. The van der Waals surface area contributed by atoms with Gasteiger partial charge in [0, 0.05) is 54.0 Å². The van der Waals surface area contributed by atoms with Crippen LogP contribution < -0.4 is 30.1 Å². The van der Waals surface area contributed by atoms with Crippen LogP contribution in [0.2, 0.25) is 0 Å². The molecule has 10 aromatic carbocycles. The van der Waals surface area contributed by atoms with Crippen molar-refractivity contribution >= 4 is 61.7 Å². The second-order valence-electron chi connectivity index (χ2n) is 20.2. The molecule has 0 bridgehead atoms. The van der Waals surface area contributed by atoms with Crippen molar-refractivity contribution in [2.75, 3.05) is 0 Å². The summed E-state index contributed by atoms with van der Waals surface area (Å²) in [5.74, 6) is 0.997. The minimum atomic E-state index is -2.88. The zero-order valence-corrected chi connectivity index (χ0v) is 46.1. The average Bonchev–Trinajstić information content (AvgIpc) is 1.22. The van der Waals surface area contributed by atoms with E-state index in [9.17, 15) is 0 Å². The van der Waals surface area contributed by atoms with Gasteiger partial charge in [0.2, 0.25) is 0 Å². The normalized spacial score (nSPS) is 13.4. The number of para-hydroxylation sites is 4. The van der Waals surface area contributed by atoms with Crippen molar-refractivity contribution in [3.8, 4) is 50.9 Å². The van der Waals surface area contributed by atoms with E-state index in [1.165, 1.54) is 33.0 Å². The molecule has 0 fully saturated rings. The maximum absolute atomic E-state index is 8.67. The fourth-order valence-electron chi connectivity index (χ4n) is 11.1. The van der Waals surface area contributed by atoms with Crippen molar-refractivity contribution in [2.45, 2.75) is 33.0 Å². The van der Waals surface area contributed by atoms with Crippen LogP contribution in [0.5, 0.6) is 11.5 Å². The van der Waals surface area contributed by atoms with Gasteiger partial charge in [-0.15, -0.1) is 29.7 Å². The molecule has 5 nitrogen and oxygen atoms in total. The van der Waals surface area contributed by atoms with Gasteiger partial charge in [-0.2, -0.15) is 18.2 Å². The number of rotatable bonds is 11. The molecule has 3 heterocycles. The molecule has 78 heavy (non-hydrogen) atoms. The Morgan fingerprint density at radius 1 is 0.564 bits per heavy atom. The monoisotopic (exact) mass is 1210 g/mol. The molecule has 0 N–H and O–H groups in total. The van der Waals surface area contributed by atoms with Crippen LogP contribution in [0.4, 0.5) is 0 Å². The predicted molar refractivity (Wildman–Crippen MR) is 318 cm³/mol. The number of aryl methyl sites for hydroxylation is 1. The summed E-state index contributed by atoms with van der Waals surface area (Å²) < 4.78 is 80.6. The zero-order chi connectivity index (χ0) is 58.9. The SMILES string of the molecule is [2H]c1c([2H])c([2H])c(-c2cnc(-n3c4[c-]c(Oc5[c-]c(-n6[c-][n+](-c7c(-c8cccc([Si](c9ccccc9)(c9ccccc9)c9ccccc9)c8)cccc7C(C)(C)C)c7ccccc76)ccc5)ccc4c4ccccc43)cc2C([2H])([2H])[2H])c([2H])c1[2H].[Pt]. The number of nitrogens with zero attached hydrogens (tertiary/aromatic N) is 4. The second-order valence-corrected chi connectivity index (χ2v) is 24.0. The van der Waals surface area contributed by atoms with E-state index in [4.69, 9.17) is 20.7 Å². The molecule has 3 aromatic heterocycles. The summed E-state index contributed by atoms with van der Waals surface area (Å²) in [4.78, 5) is 4.74.